The van der Waals surface area contributed by atoms with Crippen molar-refractivity contribution >= 4 is 17.5 Å². The number of likely N-dealkylation sites (N-methyl/N-ethyl adjacent to an activating group) is 1. The number of aryl methyl sites for hydroxylation is 1. The Bertz CT molecular complexity index is 323. The van der Waals surface area contributed by atoms with E-state index in [1.165, 1.54) is 0 Å². The van der Waals surface area contributed by atoms with E-state index in [0.717, 1.165) is 11.1 Å². The fourth-order valence-corrected chi connectivity index (χ4v) is 1.30. The Morgan fingerprint density at radius 2 is 2.23 bits per heavy atom. The van der Waals surface area contributed by atoms with Gasteiger partial charge in [0, 0.05) is 12.1 Å². The third-order valence-electron chi connectivity index (χ3n) is 1.90. The van der Waals surface area contributed by atoms with E-state index in [9.17, 15) is 4.79 Å². The third kappa shape index (κ3) is 2.46. The van der Waals surface area contributed by atoms with Gasteiger partial charge in [-0.15, -0.1) is 0 Å². The third-order valence-corrected chi connectivity index (χ3v) is 2.44. The molecule has 0 saturated carbocycles. The van der Waals surface area contributed by atoms with Crippen LogP contribution in [-0.2, 0) is 11.2 Å². The van der Waals surface area contributed by atoms with Crippen molar-refractivity contribution in [1.29, 1.82) is 0 Å². The molecule has 70 valence electrons. The molecular formula is C10H12ClNO. The van der Waals surface area contributed by atoms with Crippen molar-refractivity contribution < 1.29 is 4.79 Å². The molecular weight excluding hydrogens is 186 g/mol. The Hall–Kier alpha value is -1.02. The molecule has 0 aromatic heterocycles. The molecule has 1 N–H and O–H groups in total. The molecule has 1 aromatic carbocycles. The van der Waals surface area contributed by atoms with Crippen LogP contribution in [0.4, 0.5) is 0 Å². The lowest BCUT2D eigenvalue weighted by molar-refractivity contribution is -0.119. The van der Waals surface area contributed by atoms with Crippen molar-refractivity contribution in [3.63, 3.8) is 0 Å². The first-order valence-electron chi connectivity index (χ1n) is 4.09. The van der Waals surface area contributed by atoms with Crippen molar-refractivity contribution in [3.05, 3.63) is 34.3 Å². The number of hydrogen-bond acceptors (Lipinski definition) is 1. The maximum absolute atomic E-state index is 11.1. The highest BCUT2D eigenvalue weighted by molar-refractivity contribution is 6.32. The Kier molecular flexibility index (Phi) is 3.32. The second-order valence-corrected chi connectivity index (χ2v) is 3.28. The normalized spacial score (nSPS) is 9.77. The second-order valence-electron chi connectivity index (χ2n) is 2.90. The van der Waals surface area contributed by atoms with Crippen LogP contribution in [0.15, 0.2) is 18.2 Å². The number of benzene rings is 1. The Balaban J connectivity index is 2.89. The summed E-state index contributed by atoms with van der Waals surface area (Å²) in [6.45, 7) is 1.93. The number of amides is 1. The molecule has 0 aliphatic heterocycles. The number of halogens is 1. The van der Waals surface area contributed by atoms with Crippen LogP contribution in [0.3, 0.4) is 0 Å². The number of nitrogens with one attached hydrogen (secondary N) is 1. The zero-order chi connectivity index (χ0) is 9.84. The lowest BCUT2D eigenvalue weighted by atomic mass is 10.1. The van der Waals surface area contributed by atoms with Crippen molar-refractivity contribution in [1.82, 2.24) is 5.32 Å². The molecule has 0 fully saturated rings. The van der Waals surface area contributed by atoms with Crippen LogP contribution >= 0.6 is 11.6 Å². The molecule has 0 spiro atoms. The monoisotopic (exact) mass is 197 g/mol. The minimum atomic E-state index is -0.0208. The van der Waals surface area contributed by atoms with E-state index >= 15 is 0 Å². The summed E-state index contributed by atoms with van der Waals surface area (Å²) < 4.78 is 0. The van der Waals surface area contributed by atoms with Crippen LogP contribution in [0.25, 0.3) is 0 Å². The zero-order valence-electron chi connectivity index (χ0n) is 7.73. The van der Waals surface area contributed by atoms with Gasteiger partial charge in [-0.25, -0.2) is 0 Å². The highest BCUT2D eigenvalue weighted by Crippen LogP contribution is 2.20. The average molecular weight is 198 g/mol. The molecule has 1 amide bonds. The van der Waals surface area contributed by atoms with E-state index in [4.69, 9.17) is 11.6 Å². The quantitative estimate of drug-likeness (QED) is 0.772. The molecule has 1 rings (SSSR count). The fraction of sp³-hybridized carbons (Fsp3) is 0.300. The summed E-state index contributed by atoms with van der Waals surface area (Å²) in [6.07, 6.45) is 0.344. The van der Waals surface area contributed by atoms with Crippen LogP contribution in [0, 0.1) is 6.92 Å². The first-order valence-corrected chi connectivity index (χ1v) is 4.47. The van der Waals surface area contributed by atoms with E-state index < -0.39 is 0 Å². The first-order chi connectivity index (χ1) is 6.15. The Morgan fingerprint density at radius 3 is 2.85 bits per heavy atom. The average Bonchev–Trinajstić information content (AvgIpc) is 2.13. The molecule has 0 radical (unpaired) electrons. The van der Waals surface area contributed by atoms with Crippen LogP contribution in [0.5, 0.6) is 0 Å². The maximum atomic E-state index is 11.1. The van der Waals surface area contributed by atoms with E-state index in [1.54, 1.807) is 7.05 Å². The van der Waals surface area contributed by atoms with Crippen LogP contribution < -0.4 is 5.32 Å². The van der Waals surface area contributed by atoms with Crippen LogP contribution in [0.2, 0.25) is 5.02 Å². The smallest absolute Gasteiger partial charge is 0.224 e. The summed E-state index contributed by atoms with van der Waals surface area (Å²) in [5.74, 6) is -0.0208. The molecule has 0 atom stereocenters. The van der Waals surface area contributed by atoms with E-state index in [0.29, 0.717) is 11.4 Å². The lowest BCUT2D eigenvalue weighted by Gasteiger charge is -2.05. The van der Waals surface area contributed by atoms with E-state index in [2.05, 4.69) is 5.32 Å². The van der Waals surface area contributed by atoms with Gasteiger partial charge in [0.05, 0.1) is 6.42 Å². The topological polar surface area (TPSA) is 29.1 Å². The minimum Gasteiger partial charge on any atom is -0.359 e. The maximum Gasteiger partial charge on any atom is 0.224 e. The summed E-state index contributed by atoms with van der Waals surface area (Å²) in [5, 5.41) is 3.25. The molecule has 0 saturated heterocycles. The number of carbonyl (C=O) groups is 1. The van der Waals surface area contributed by atoms with Gasteiger partial charge >= 0.3 is 0 Å². The van der Waals surface area contributed by atoms with Gasteiger partial charge in [0.1, 0.15) is 0 Å². The minimum absolute atomic E-state index is 0.0208. The van der Waals surface area contributed by atoms with Gasteiger partial charge in [-0.1, -0.05) is 29.8 Å². The Labute approximate surface area is 82.9 Å². The summed E-state index contributed by atoms with van der Waals surface area (Å²) in [4.78, 5) is 11.1. The zero-order valence-corrected chi connectivity index (χ0v) is 8.48. The van der Waals surface area contributed by atoms with E-state index in [1.807, 2.05) is 25.1 Å². The van der Waals surface area contributed by atoms with Gasteiger partial charge in [-0.05, 0) is 18.1 Å². The Morgan fingerprint density at radius 1 is 1.54 bits per heavy atom. The predicted molar refractivity (Wildman–Crippen MR) is 54.0 cm³/mol. The van der Waals surface area contributed by atoms with Crippen LogP contribution in [0.1, 0.15) is 11.1 Å². The molecule has 0 bridgehead atoms. The van der Waals surface area contributed by atoms with Crippen molar-refractivity contribution in [2.45, 2.75) is 13.3 Å². The second kappa shape index (κ2) is 4.28. The number of hydrogen-bond donors (Lipinski definition) is 1. The molecule has 1 aromatic rings. The highest BCUT2D eigenvalue weighted by Gasteiger charge is 2.06. The number of carbonyl (C=O) groups excluding carboxylic acids is 1. The van der Waals surface area contributed by atoms with E-state index in [-0.39, 0.29) is 5.91 Å². The van der Waals surface area contributed by atoms with Gasteiger partial charge in [0.15, 0.2) is 0 Å². The van der Waals surface area contributed by atoms with Crippen molar-refractivity contribution in [2.75, 3.05) is 7.05 Å². The van der Waals surface area contributed by atoms with Gasteiger partial charge in [-0.2, -0.15) is 0 Å². The van der Waals surface area contributed by atoms with Gasteiger partial charge in [-0.3, -0.25) is 4.79 Å². The predicted octanol–water partition coefficient (Wildman–Crippen LogP) is 1.94. The molecule has 0 heterocycles. The summed E-state index contributed by atoms with van der Waals surface area (Å²) >= 11 is 6.01. The largest absolute Gasteiger partial charge is 0.359 e. The van der Waals surface area contributed by atoms with Gasteiger partial charge in [0.2, 0.25) is 5.91 Å². The number of rotatable bonds is 2. The first kappa shape index (κ1) is 10.1. The van der Waals surface area contributed by atoms with Crippen LogP contribution in [-0.4, -0.2) is 13.0 Å². The van der Waals surface area contributed by atoms with Crippen molar-refractivity contribution in [3.8, 4) is 0 Å². The lowest BCUT2D eigenvalue weighted by Crippen LogP contribution is -2.20. The molecule has 13 heavy (non-hydrogen) atoms. The summed E-state index contributed by atoms with van der Waals surface area (Å²) in [5.41, 5.74) is 1.88. The summed E-state index contributed by atoms with van der Waals surface area (Å²) in [6, 6.07) is 5.69. The SMILES string of the molecule is CNC(=O)Cc1cccc(C)c1Cl. The molecule has 0 unspecified atom stereocenters. The molecule has 0 aliphatic carbocycles. The molecule has 0 aliphatic rings. The molecule has 2 nitrogen and oxygen atoms in total. The fourth-order valence-electron chi connectivity index (χ4n) is 1.11. The highest BCUT2D eigenvalue weighted by atomic mass is 35.5. The summed E-state index contributed by atoms with van der Waals surface area (Å²) in [7, 11) is 1.62. The standard InChI is InChI=1S/C10H12ClNO/c1-7-4-3-5-8(10(7)11)6-9(13)12-2/h3-5H,6H2,1-2H3,(H,12,13). The van der Waals surface area contributed by atoms with Crippen molar-refractivity contribution in [2.24, 2.45) is 0 Å². The van der Waals surface area contributed by atoms with Gasteiger partial charge in [0.25, 0.3) is 0 Å². The van der Waals surface area contributed by atoms with Gasteiger partial charge < -0.3 is 5.32 Å². The molecule has 3 heteroatoms.